The Morgan fingerprint density at radius 2 is 2.27 bits per heavy atom. The molecule has 2 aliphatic rings. The molecule has 3 heteroatoms. The highest BCUT2D eigenvalue weighted by Crippen LogP contribution is 2.25. The minimum Gasteiger partial charge on any atom is -0.380 e. The van der Waals surface area contributed by atoms with E-state index in [4.69, 9.17) is 4.74 Å². The maximum atomic E-state index is 5.25. The molecular weight excluding hydrogens is 188 g/mol. The molecule has 2 aliphatic heterocycles. The van der Waals surface area contributed by atoms with Crippen LogP contribution in [0.1, 0.15) is 26.7 Å². The first kappa shape index (κ1) is 11.4. The second-order valence-corrected chi connectivity index (χ2v) is 5.36. The van der Waals surface area contributed by atoms with E-state index in [9.17, 15) is 0 Å². The fourth-order valence-electron chi connectivity index (χ4n) is 2.64. The monoisotopic (exact) mass is 212 g/mol. The zero-order valence-corrected chi connectivity index (χ0v) is 10.1. The van der Waals surface area contributed by atoms with Crippen LogP contribution in [0.3, 0.4) is 0 Å². The van der Waals surface area contributed by atoms with Gasteiger partial charge >= 0.3 is 0 Å². The van der Waals surface area contributed by atoms with Crippen LogP contribution < -0.4 is 5.32 Å². The summed E-state index contributed by atoms with van der Waals surface area (Å²) in [6, 6.07) is 0.777. The number of ether oxygens (including phenoxy) is 1. The fraction of sp³-hybridized carbons (Fsp3) is 1.00. The van der Waals surface area contributed by atoms with Gasteiger partial charge in [0.2, 0.25) is 0 Å². The molecule has 15 heavy (non-hydrogen) atoms. The van der Waals surface area contributed by atoms with Crippen molar-refractivity contribution in [3.8, 4) is 0 Å². The van der Waals surface area contributed by atoms with Crippen LogP contribution in [0.2, 0.25) is 0 Å². The lowest BCUT2D eigenvalue weighted by Gasteiger charge is -2.38. The SMILES string of the molecule is CCN1CCCC1CNCC1(C)COC1. The summed E-state index contributed by atoms with van der Waals surface area (Å²) in [6.07, 6.45) is 2.74. The average Bonchev–Trinajstić information content (AvgIpc) is 2.63. The van der Waals surface area contributed by atoms with Crippen molar-refractivity contribution in [3.05, 3.63) is 0 Å². The van der Waals surface area contributed by atoms with Crippen molar-refractivity contribution >= 4 is 0 Å². The largest absolute Gasteiger partial charge is 0.380 e. The Labute approximate surface area is 93.2 Å². The summed E-state index contributed by atoms with van der Waals surface area (Å²) in [6.45, 7) is 11.2. The van der Waals surface area contributed by atoms with Gasteiger partial charge < -0.3 is 10.1 Å². The predicted molar refractivity (Wildman–Crippen MR) is 62.1 cm³/mol. The molecule has 1 atom stereocenters. The quantitative estimate of drug-likeness (QED) is 0.738. The van der Waals surface area contributed by atoms with E-state index in [2.05, 4.69) is 24.1 Å². The third-order valence-electron chi connectivity index (χ3n) is 3.74. The van der Waals surface area contributed by atoms with Gasteiger partial charge in [-0.05, 0) is 25.9 Å². The van der Waals surface area contributed by atoms with Crippen LogP contribution in [0, 0.1) is 5.41 Å². The Bertz CT molecular complexity index is 204. The first-order valence-corrected chi connectivity index (χ1v) is 6.26. The number of hydrogen-bond acceptors (Lipinski definition) is 3. The highest BCUT2D eigenvalue weighted by atomic mass is 16.5. The van der Waals surface area contributed by atoms with Crippen LogP contribution in [0.4, 0.5) is 0 Å². The maximum Gasteiger partial charge on any atom is 0.0554 e. The van der Waals surface area contributed by atoms with Crippen molar-refractivity contribution in [2.24, 2.45) is 5.41 Å². The molecule has 2 heterocycles. The van der Waals surface area contributed by atoms with E-state index >= 15 is 0 Å². The molecule has 2 fully saturated rings. The molecule has 88 valence electrons. The van der Waals surface area contributed by atoms with Gasteiger partial charge in [-0.15, -0.1) is 0 Å². The topological polar surface area (TPSA) is 24.5 Å². The van der Waals surface area contributed by atoms with E-state index < -0.39 is 0 Å². The van der Waals surface area contributed by atoms with Crippen LogP contribution in [-0.2, 0) is 4.74 Å². The number of rotatable bonds is 5. The summed E-state index contributed by atoms with van der Waals surface area (Å²) < 4.78 is 5.25. The van der Waals surface area contributed by atoms with Crippen molar-refractivity contribution in [2.75, 3.05) is 39.4 Å². The number of nitrogens with one attached hydrogen (secondary N) is 1. The molecule has 0 aromatic carbocycles. The summed E-state index contributed by atoms with van der Waals surface area (Å²) in [5.41, 5.74) is 0.412. The Morgan fingerprint density at radius 1 is 1.47 bits per heavy atom. The zero-order valence-electron chi connectivity index (χ0n) is 10.1. The van der Waals surface area contributed by atoms with E-state index in [-0.39, 0.29) is 0 Å². The predicted octanol–water partition coefficient (Wildman–Crippen LogP) is 1.10. The minimum atomic E-state index is 0.412. The number of hydrogen-bond donors (Lipinski definition) is 1. The summed E-state index contributed by atoms with van der Waals surface area (Å²) in [4.78, 5) is 2.59. The summed E-state index contributed by atoms with van der Waals surface area (Å²) in [7, 11) is 0. The molecule has 0 aliphatic carbocycles. The molecule has 0 radical (unpaired) electrons. The Balaban J connectivity index is 1.64. The first-order valence-electron chi connectivity index (χ1n) is 6.26. The van der Waals surface area contributed by atoms with Crippen LogP contribution in [0.5, 0.6) is 0 Å². The van der Waals surface area contributed by atoms with Crippen molar-refractivity contribution in [1.29, 1.82) is 0 Å². The molecule has 2 rings (SSSR count). The van der Waals surface area contributed by atoms with Crippen LogP contribution in [0.25, 0.3) is 0 Å². The third-order valence-corrected chi connectivity index (χ3v) is 3.74. The molecule has 1 unspecified atom stereocenters. The van der Waals surface area contributed by atoms with Gasteiger partial charge in [0.25, 0.3) is 0 Å². The number of likely N-dealkylation sites (tertiary alicyclic amines) is 1. The van der Waals surface area contributed by atoms with Gasteiger partial charge in [-0.2, -0.15) is 0 Å². The zero-order chi connectivity index (χ0) is 10.7. The lowest BCUT2D eigenvalue weighted by Crippen LogP contribution is -2.49. The van der Waals surface area contributed by atoms with E-state index in [0.717, 1.165) is 32.3 Å². The molecule has 0 aromatic rings. The van der Waals surface area contributed by atoms with Crippen molar-refractivity contribution < 1.29 is 4.74 Å². The highest BCUT2D eigenvalue weighted by molar-refractivity contribution is 4.85. The molecule has 2 saturated heterocycles. The summed E-state index contributed by atoms with van der Waals surface area (Å²) >= 11 is 0. The summed E-state index contributed by atoms with van der Waals surface area (Å²) in [5.74, 6) is 0. The van der Waals surface area contributed by atoms with Crippen molar-refractivity contribution in [1.82, 2.24) is 10.2 Å². The lowest BCUT2D eigenvalue weighted by atomic mass is 9.89. The van der Waals surface area contributed by atoms with E-state index in [0.29, 0.717) is 5.41 Å². The van der Waals surface area contributed by atoms with Gasteiger partial charge in [0.1, 0.15) is 0 Å². The molecule has 0 aromatic heterocycles. The second-order valence-electron chi connectivity index (χ2n) is 5.36. The van der Waals surface area contributed by atoms with Gasteiger partial charge in [-0.3, -0.25) is 4.90 Å². The fourth-order valence-corrected chi connectivity index (χ4v) is 2.64. The van der Waals surface area contributed by atoms with Crippen molar-refractivity contribution in [3.63, 3.8) is 0 Å². The molecule has 0 amide bonds. The number of likely N-dealkylation sites (N-methyl/N-ethyl adjacent to an activating group) is 1. The van der Waals surface area contributed by atoms with Gasteiger partial charge in [0.05, 0.1) is 13.2 Å². The molecular formula is C12H24N2O. The van der Waals surface area contributed by atoms with Crippen LogP contribution in [-0.4, -0.2) is 50.3 Å². The van der Waals surface area contributed by atoms with Crippen LogP contribution in [0.15, 0.2) is 0 Å². The van der Waals surface area contributed by atoms with Gasteiger partial charge in [-0.1, -0.05) is 13.8 Å². The van der Waals surface area contributed by atoms with E-state index in [1.54, 1.807) is 0 Å². The summed E-state index contributed by atoms with van der Waals surface area (Å²) in [5, 5.41) is 3.61. The highest BCUT2D eigenvalue weighted by Gasteiger charge is 2.33. The minimum absolute atomic E-state index is 0.412. The van der Waals surface area contributed by atoms with Crippen LogP contribution >= 0.6 is 0 Å². The molecule has 1 N–H and O–H groups in total. The molecule has 3 nitrogen and oxygen atoms in total. The Hall–Kier alpha value is -0.120. The van der Waals surface area contributed by atoms with E-state index in [1.165, 1.54) is 25.9 Å². The molecule has 0 bridgehead atoms. The average molecular weight is 212 g/mol. The first-order chi connectivity index (χ1) is 7.23. The van der Waals surface area contributed by atoms with Gasteiger partial charge in [0, 0.05) is 24.5 Å². The normalized spacial score (nSPS) is 30.4. The maximum absolute atomic E-state index is 5.25. The molecule has 0 spiro atoms. The van der Waals surface area contributed by atoms with Crippen molar-refractivity contribution in [2.45, 2.75) is 32.7 Å². The van der Waals surface area contributed by atoms with E-state index in [1.807, 2.05) is 0 Å². The van der Waals surface area contributed by atoms with Gasteiger partial charge in [-0.25, -0.2) is 0 Å². The lowest BCUT2D eigenvalue weighted by molar-refractivity contribution is -0.0992. The Morgan fingerprint density at radius 3 is 2.87 bits per heavy atom. The number of nitrogens with zero attached hydrogens (tertiary/aromatic N) is 1. The molecule has 0 saturated carbocycles. The third kappa shape index (κ3) is 2.71. The van der Waals surface area contributed by atoms with Gasteiger partial charge in [0.15, 0.2) is 0 Å². The second kappa shape index (κ2) is 4.81. The smallest absolute Gasteiger partial charge is 0.0554 e. The Kier molecular flexibility index (Phi) is 3.65. The standard InChI is InChI=1S/C12H24N2O/c1-3-14-6-4-5-11(14)7-13-8-12(2)9-15-10-12/h11,13H,3-10H2,1-2H3.